The lowest BCUT2D eigenvalue weighted by Crippen LogP contribution is -2.29. The van der Waals surface area contributed by atoms with Gasteiger partial charge in [-0.3, -0.25) is 14.8 Å². The number of ether oxygens (including phenoxy) is 1. The maximum atomic E-state index is 13.1. The third-order valence-electron chi connectivity index (χ3n) is 6.53. The molecule has 180 valence electrons. The molecule has 0 amide bonds. The van der Waals surface area contributed by atoms with Crippen molar-refractivity contribution in [3.8, 4) is 5.75 Å². The highest BCUT2D eigenvalue weighted by molar-refractivity contribution is 7.92. The summed E-state index contributed by atoms with van der Waals surface area (Å²) in [5, 5.41) is 14.6. The standard InChI is InChI=1S/C26H25N3O5S/c1-2-34-20-12-8-18(9-13-20)28-35(32,33)21-14-15-25-24(16-21)22-4-3-5-23(22)26(27-25)17-6-10-19(11-7-17)29(30)31/h3-4,6-16,22-23,26-28H,2,5H2,1H3. The first-order chi connectivity index (χ1) is 16.9. The number of hydrogen-bond donors (Lipinski definition) is 2. The van der Waals surface area contributed by atoms with Crippen molar-refractivity contribution in [3.63, 3.8) is 0 Å². The second kappa shape index (κ2) is 9.07. The number of nitrogens with zero attached hydrogens (tertiary/aromatic N) is 1. The summed E-state index contributed by atoms with van der Waals surface area (Å²) in [4.78, 5) is 10.8. The first-order valence-corrected chi connectivity index (χ1v) is 12.9. The van der Waals surface area contributed by atoms with Gasteiger partial charge in [0.05, 0.1) is 22.5 Å². The Morgan fingerprint density at radius 1 is 1.09 bits per heavy atom. The molecule has 0 saturated carbocycles. The summed E-state index contributed by atoms with van der Waals surface area (Å²) in [6, 6.07) is 18.5. The number of sulfonamides is 1. The first-order valence-electron chi connectivity index (χ1n) is 11.4. The van der Waals surface area contributed by atoms with Gasteiger partial charge < -0.3 is 10.1 Å². The molecule has 0 aromatic heterocycles. The SMILES string of the molecule is CCOc1ccc(NS(=O)(=O)c2ccc3c(c2)C2C=CCC2C(c2ccc([N+](=O)[O-])cc2)N3)cc1. The summed E-state index contributed by atoms with van der Waals surface area (Å²) in [7, 11) is -3.79. The molecule has 3 aromatic rings. The molecule has 0 saturated heterocycles. The van der Waals surface area contributed by atoms with Crippen LogP contribution in [-0.4, -0.2) is 19.9 Å². The molecule has 35 heavy (non-hydrogen) atoms. The summed E-state index contributed by atoms with van der Waals surface area (Å²) >= 11 is 0. The molecule has 0 fully saturated rings. The van der Waals surface area contributed by atoms with Crippen LogP contribution in [0.2, 0.25) is 0 Å². The highest BCUT2D eigenvalue weighted by Gasteiger charge is 2.38. The van der Waals surface area contributed by atoms with E-state index in [1.807, 2.05) is 6.92 Å². The highest BCUT2D eigenvalue weighted by Crippen LogP contribution is 2.50. The third-order valence-corrected chi connectivity index (χ3v) is 7.90. The van der Waals surface area contributed by atoms with Crippen LogP contribution in [0.3, 0.4) is 0 Å². The molecule has 3 unspecified atom stereocenters. The summed E-state index contributed by atoms with van der Waals surface area (Å²) in [5.74, 6) is 0.907. The van der Waals surface area contributed by atoms with Crippen molar-refractivity contribution in [1.82, 2.24) is 0 Å². The third kappa shape index (κ3) is 4.46. The Morgan fingerprint density at radius 3 is 2.51 bits per heavy atom. The van der Waals surface area contributed by atoms with Crippen molar-refractivity contribution in [2.45, 2.75) is 30.2 Å². The van der Waals surface area contributed by atoms with Gasteiger partial charge >= 0.3 is 0 Å². The molecule has 1 aliphatic heterocycles. The maximum absolute atomic E-state index is 13.1. The van der Waals surface area contributed by atoms with Gasteiger partial charge in [-0.15, -0.1) is 0 Å². The smallest absolute Gasteiger partial charge is 0.269 e. The van der Waals surface area contributed by atoms with Gasteiger partial charge in [0.2, 0.25) is 0 Å². The summed E-state index contributed by atoms with van der Waals surface area (Å²) < 4.78 is 34.3. The number of anilines is 2. The fraction of sp³-hybridized carbons (Fsp3) is 0.231. The molecule has 5 rings (SSSR count). The quantitative estimate of drug-likeness (QED) is 0.252. The maximum Gasteiger partial charge on any atom is 0.269 e. The number of fused-ring (bicyclic) bond motifs is 3. The van der Waals surface area contributed by atoms with Crippen LogP contribution in [0.15, 0.2) is 83.8 Å². The van der Waals surface area contributed by atoms with Gasteiger partial charge in [0.1, 0.15) is 5.75 Å². The Morgan fingerprint density at radius 2 is 1.83 bits per heavy atom. The summed E-state index contributed by atoms with van der Waals surface area (Å²) in [6.45, 7) is 2.43. The lowest BCUT2D eigenvalue weighted by Gasteiger charge is -2.37. The van der Waals surface area contributed by atoms with Crippen LogP contribution >= 0.6 is 0 Å². The normalized spacial score (nSPS) is 20.4. The predicted octanol–water partition coefficient (Wildman–Crippen LogP) is 5.62. The number of non-ortho nitro benzene ring substituents is 1. The van der Waals surface area contributed by atoms with Crippen molar-refractivity contribution >= 4 is 27.1 Å². The average molecular weight is 492 g/mol. The zero-order valence-corrected chi connectivity index (χ0v) is 19.9. The van der Waals surface area contributed by atoms with Crippen LogP contribution in [0.4, 0.5) is 17.1 Å². The number of nitrogens with one attached hydrogen (secondary N) is 2. The number of rotatable bonds is 7. The molecule has 0 radical (unpaired) electrons. The van der Waals surface area contributed by atoms with E-state index < -0.39 is 14.9 Å². The van der Waals surface area contributed by atoms with Crippen molar-refractivity contribution < 1.29 is 18.1 Å². The molecule has 2 aliphatic rings. The second-order valence-corrected chi connectivity index (χ2v) is 10.3. The van der Waals surface area contributed by atoms with E-state index in [1.165, 1.54) is 12.1 Å². The fourth-order valence-electron chi connectivity index (χ4n) is 4.87. The highest BCUT2D eigenvalue weighted by atomic mass is 32.2. The van der Waals surface area contributed by atoms with E-state index in [1.54, 1.807) is 54.6 Å². The molecule has 3 atom stereocenters. The Hall–Kier alpha value is -3.85. The van der Waals surface area contributed by atoms with Gasteiger partial charge in [-0.25, -0.2) is 8.42 Å². The van der Waals surface area contributed by atoms with Crippen LogP contribution in [-0.2, 0) is 10.0 Å². The Kier molecular flexibility index (Phi) is 5.94. The predicted molar refractivity (Wildman–Crippen MR) is 134 cm³/mol. The van der Waals surface area contributed by atoms with Gasteiger partial charge in [0.25, 0.3) is 15.7 Å². The molecule has 1 aliphatic carbocycles. The largest absolute Gasteiger partial charge is 0.494 e. The van der Waals surface area contributed by atoms with Gasteiger partial charge in [-0.2, -0.15) is 0 Å². The van der Waals surface area contributed by atoms with Crippen LogP contribution < -0.4 is 14.8 Å². The molecule has 0 spiro atoms. The van der Waals surface area contributed by atoms with Crippen molar-refractivity contribution in [2.75, 3.05) is 16.6 Å². The fourth-order valence-corrected chi connectivity index (χ4v) is 5.97. The number of benzene rings is 3. The number of hydrogen-bond acceptors (Lipinski definition) is 6. The monoisotopic (exact) mass is 491 g/mol. The lowest BCUT2D eigenvalue weighted by atomic mass is 9.77. The van der Waals surface area contributed by atoms with Crippen molar-refractivity contribution in [2.24, 2.45) is 5.92 Å². The van der Waals surface area contributed by atoms with E-state index in [-0.39, 0.29) is 28.5 Å². The van der Waals surface area contributed by atoms with E-state index in [9.17, 15) is 18.5 Å². The molecule has 8 nitrogen and oxygen atoms in total. The van der Waals surface area contributed by atoms with E-state index in [0.717, 1.165) is 23.2 Å². The molecule has 0 bridgehead atoms. The molecular weight excluding hydrogens is 466 g/mol. The Balaban J connectivity index is 1.42. The van der Waals surface area contributed by atoms with Crippen molar-refractivity contribution in [3.05, 3.63) is 100 Å². The van der Waals surface area contributed by atoms with Gasteiger partial charge in [0.15, 0.2) is 0 Å². The van der Waals surface area contributed by atoms with Gasteiger partial charge in [-0.05, 0) is 72.9 Å². The number of nitro groups is 1. The molecule has 9 heteroatoms. The molecular formula is C26H25N3O5S. The van der Waals surface area contributed by atoms with Crippen LogP contribution in [0.25, 0.3) is 0 Å². The van der Waals surface area contributed by atoms with Crippen molar-refractivity contribution in [1.29, 1.82) is 0 Å². The summed E-state index contributed by atoms with van der Waals surface area (Å²) in [6.07, 6.45) is 5.07. The van der Waals surface area contributed by atoms with Crippen LogP contribution in [0.5, 0.6) is 5.75 Å². The number of nitro benzene ring substituents is 1. The molecule has 1 heterocycles. The second-order valence-electron chi connectivity index (χ2n) is 8.64. The van der Waals surface area contributed by atoms with Gasteiger partial charge in [-0.1, -0.05) is 24.3 Å². The van der Waals surface area contributed by atoms with Gasteiger partial charge in [0, 0.05) is 29.4 Å². The zero-order valence-electron chi connectivity index (χ0n) is 19.0. The molecule has 3 aromatic carbocycles. The first kappa shape index (κ1) is 22.9. The van der Waals surface area contributed by atoms with Crippen LogP contribution in [0, 0.1) is 16.0 Å². The van der Waals surface area contributed by atoms with E-state index in [2.05, 4.69) is 22.2 Å². The minimum absolute atomic E-state index is 0.0345. The topological polar surface area (TPSA) is 111 Å². The average Bonchev–Trinajstić information content (AvgIpc) is 3.35. The minimum atomic E-state index is -3.79. The summed E-state index contributed by atoms with van der Waals surface area (Å²) in [5.41, 5.74) is 3.27. The lowest BCUT2D eigenvalue weighted by molar-refractivity contribution is -0.384. The molecule has 2 N–H and O–H groups in total. The van der Waals surface area contributed by atoms with Crippen LogP contribution in [0.1, 0.15) is 36.4 Å². The van der Waals surface area contributed by atoms with E-state index >= 15 is 0 Å². The zero-order chi connectivity index (χ0) is 24.6. The Labute approximate surface area is 203 Å². The minimum Gasteiger partial charge on any atom is -0.494 e. The van der Waals surface area contributed by atoms with E-state index in [4.69, 9.17) is 4.74 Å². The Bertz CT molecular complexity index is 1390. The number of allylic oxidation sites excluding steroid dienone is 2. The van der Waals surface area contributed by atoms with E-state index in [0.29, 0.717) is 18.0 Å².